The number of halogens is 1. The Balaban J connectivity index is 1.88. The highest BCUT2D eigenvalue weighted by atomic mass is 35.5. The van der Waals surface area contributed by atoms with Crippen LogP contribution in [0.4, 0.5) is 0 Å². The van der Waals surface area contributed by atoms with E-state index < -0.39 is 0 Å². The molecule has 4 heteroatoms. The van der Waals surface area contributed by atoms with E-state index in [2.05, 4.69) is 5.32 Å². The monoisotopic (exact) mass is 261 g/mol. The molecule has 0 saturated heterocycles. The number of hydrogen-bond acceptors (Lipinski definition) is 2. The number of nitrogens with one attached hydrogen (secondary N) is 1. The Morgan fingerprint density at radius 1 is 1.24 bits per heavy atom. The molecule has 0 atom stereocenters. The second kappa shape index (κ2) is 9.72. The van der Waals surface area contributed by atoms with Crippen LogP contribution in [0.3, 0.4) is 0 Å². The van der Waals surface area contributed by atoms with E-state index in [0.29, 0.717) is 24.9 Å². The van der Waals surface area contributed by atoms with Crippen molar-refractivity contribution in [3.8, 4) is 0 Å². The van der Waals surface area contributed by atoms with Gasteiger partial charge in [-0.3, -0.25) is 4.79 Å². The van der Waals surface area contributed by atoms with Crippen LogP contribution in [0.2, 0.25) is 0 Å². The molecule has 100 valence electrons. The van der Waals surface area contributed by atoms with Crippen LogP contribution in [0.15, 0.2) is 0 Å². The van der Waals surface area contributed by atoms with E-state index in [-0.39, 0.29) is 5.91 Å². The molecule has 17 heavy (non-hydrogen) atoms. The Labute approximate surface area is 109 Å². The lowest BCUT2D eigenvalue weighted by Gasteiger charge is -2.21. The van der Waals surface area contributed by atoms with Crippen LogP contribution in [0.5, 0.6) is 0 Å². The van der Waals surface area contributed by atoms with Crippen molar-refractivity contribution < 1.29 is 9.53 Å². The van der Waals surface area contributed by atoms with Gasteiger partial charge in [0.2, 0.25) is 5.91 Å². The molecule has 1 rings (SSSR count). The van der Waals surface area contributed by atoms with Crippen molar-refractivity contribution >= 4 is 17.5 Å². The van der Waals surface area contributed by atoms with E-state index in [4.69, 9.17) is 16.3 Å². The fraction of sp³-hybridized carbons (Fsp3) is 0.923. The summed E-state index contributed by atoms with van der Waals surface area (Å²) in [6.07, 6.45) is 9.05. The van der Waals surface area contributed by atoms with Crippen molar-refractivity contribution in [2.24, 2.45) is 0 Å². The Morgan fingerprint density at radius 2 is 2.00 bits per heavy atom. The van der Waals surface area contributed by atoms with Gasteiger partial charge in [-0.2, -0.15) is 0 Å². The third-order valence-electron chi connectivity index (χ3n) is 3.09. The summed E-state index contributed by atoms with van der Waals surface area (Å²) in [6, 6.07) is 0. The molecule has 1 N–H and O–H groups in total. The van der Waals surface area contributed by atoms with Crippen LogP contribution >= 0.6 is 11.6 Å². The lowest BCUT2D eigenvalue weighted by atomic mass is 9.98. The van der Waals surface area contributed by atoms with Gasteiger partial charge in [-0.15, -0.1) is 11.6 Å². The van der Waals surface area contributed by atoms with Gasteiger partial charge in [0.25, 0.3) is 0 Å². The van der Waals surface area contributed by atoms with Crippen LogP contribution in [0.1, 0.15) is 51.4 Å². The fourth-order valence-corrected chi connectivity index (χ4v) is 2.23. The first-order valence-electron chi connectivity index (χ1n) is 6.77. The van der Waals surface area contributed by atoms with Crippen LogP contribution in [0, 0.1) is 0 Å². The average molecular weight is 262 g/mol. The Kier molecular flexibility index (Phi) is 8.45. The molecule has 0 aromatic heterocycles. The quantitative estimate of drug-likeness (QED) is 0.539. The SMILES string of the molecule is O=C(CCCCl)NCCCOC1CCCCC1. The molecule has 0 spiro atoms. The summed E-state index contributed by atoms with van der Waals surface area (Å²) < 4.78 is 5.77. The minimum Gasteiger partial charge on any atom is -0.378 e. The fourth-order valence-electron chi connectivity index (χ4n) is 2.10. The average Bonchev–Trinajstić information content (AvgIpc) is 2.37. The zero-order chi connectivity index (χ0) is 12.3. The summed E-state index contributed by atoms with van der Waals surface area (Å²) >= 11 is 5.52. The second-order valence-electron chi connectivity index (χ2n) is 4.63. The first kappa shape index (κ1) is 14.8. The summed E-state index contributed by atoms with van der Waals surface area (Å²) in [6.45, 7) is 1.48. The van der Waals surface area contributed by atoms with Crippen LogP contribution < -0.4 is 5.32 Å². The van der Waals surface area contributed by atoms with E-state index >= 15 is 0 Å². The molecule has 0 aromatic rings. The molecule has 1 saturated carbocycles. The minimum atomic E-state index is 0.100. The summed E-state index contributed by atoms with van der Waals surface area (Å²) in [5.41, 5.74) is 0. The third kappa shape index (κ3) is 7.61. The Hall–Kier alpha value is -0.280. The van der Waals surface area contributed by atoms with Crippen molar-refractivity contribution in [3.05, 3.63) is 0 Å². The first-order valence-corrected chi connectivity index (χ1v) is 7.30. The van der Waals surface area contributed by atoms with E-state index in [1.54, 1.807) is 0 Å². The molecule has 1 amide bonds. The number of carbonyl (C=O) groups excluding carboxylic acids is 1. The highest BCUT2D eigenvalue weighted by Crippen LogP contribution is 2.20. The second-order valence-corrected chi connectivity index (χ2v) is 5.00. The maximum atomic E-state index is 11.3. The molecule has 0 radical (unpaired) electrons. The summed E-state index contributed by atoms with van der Waals surface area (Å²) in [4.78, 5) is 11.3. The number of alkyl halides is 1. The molecule has 1 aliphatic rings. The van der Waals surface area contributed by atoms with Gasteiger partial charge in [-0.25, -0.2) is 0 Å². The Morgan fingerprint density at radius 3 is 2.71 bits per heavy atom. The molecule has 1 aliphatic carbocycles. The number of carbonyl (C=O) groups is 1. The molecule has 0 aliphatic heterocycles. The van der Waals surface area contributed by atoms with Gasteiger partial charge in [0, 0.05) is 25.5 Å². The van der Waals surface area contributed by atoms with E-state index in [9.17, 15) is 4.79 Å². The van der Waals surface area contributed by atoms with Crippen LogP contribution in [0.25, 0.3) is 0 Å². The van der Waals surface area contributed by atoms with Crippen LogP contribution in [-0.4, -0.2) is 31.0 Å². The standard InChI is InChI=1S/C13H24ClNO2/c14-9-4-8-13(16)15-10-5-11-17-12-6-2-1-3-7-12/h12H,1-11H2,(H,15,16). The summed E-state index contributed by atoms with van der Waals surface area (Å²) in [5.74, 6) is 0.654. The maximum Gasteiger partial charge on any atom is 0.220 e. The molecular formula is C13H24ClNO2. The van der Waals surface area contributed by atoms with Crippen molar-refractivity contribution in [2.45, 2.75) is 57.5 Å². The van der Waals surface area contributed by atoms with Gasteiger partial charge in [-0.1, -0.05) is 19.3 Å². The molecule has 0 bridgehead atoms. The minimum absolute atomic E-state index is 0.100. The highest BCUT2D eigenvalue weighted by molar-refractivity contribution is 6.17. The van der Waals surface area contributed by atoms with Crippen molar-refractivity contribution in [1.82, 2.24) is 5.32 Å². The summed E-state index contributed by atoms with van der Waals surface area (Å²) in [7, 11) is 0. The normalized spacial score (nSPS) is 17.0. The summed E-state index contributed by atoms with van der Waals surface area (Å²) in [5, 5.41) is 2.88. The highest BCUT2D eigenvalue weighted by Gasteiger charge is 2.12. The van der Waals surface area contributed by atoms with Crippen LogP contribution in [-0.2, 0) is 9.53 Å². The van der Waals surface area contributed by atoms with Gasteiger partial charge in [-0.05, 0) is 25.7 Å². The van der Waals surface area contributed by atoms with Crippen molar-refractivity contribution in [2.75, 3.05) is 19.0 Å². The molecule has 3 nitrogen and oxygen atoms in total. The van der Waals surface area contributed by atoms with Crippen molar-refractivity contribution in [1.29, 1.82) is 0 Å². The molecule has 1 fully saturated rings. The predicted molar refractivity (Wildman–Crippen MR) is 70.4 cm³/mol. The smallest absolute Gasteiger partial charge is 0.220 e. The number of amides is 1. The zero-order valence-electron chi connectivity index (χ0n) is 10.5. The lowest BCUT2D eigenvalue weighted by Crippen LogP contribution is -2.26. The predicted octanol–water partition coefficient (Wildman–Crippen LogP) is 2.86. The van der Waals surface area contributed by atoms with Gasteiger partial charge in [0.1, 0.15) is 0 Å². The Bertz CT molecular complexity index is 206. The molecular weight excluding hydrogens is 238 g/mol. The van der Waals surface area contributed by atoms with E-state index in [1.165, 1.54) is 32.1 Å². The maximum absolute atomic E-state index is 11.3. The number of ether oxygens (including phenoxy) is 1. The van der Waals surface area contributed by atoms with Gasteiger partial charge in [0.05, 0.1) is 6.10 Å². The van der Waals surface area contributed by atoms with Gasteiger partial charge in [0.15, 0.2) is 0 Å². The topological polar surface area (TPSA) is 38.3 Å². The molecule has 0 aromatic carbocycles. The lowest BCUT2D eigenvalue weighted by molar-refractivity contribution is -0.121. The van der Waals surface area contributed by atoms with Crippen molar-refractivity contribution in [3.63, 3.8) is 0 Å². The number of hydrogen-bond donors (Lipinski definition) is 1. The third-order valence-corrected chi connectivity index (χ3v) is 3.35. The zero-order valence-corrected chi connectivity index (χ0v) is 11.3. The van der Waals surface area contributed by atoms with Gasteiger partial charge >= 0.3 is 0 Å². The molecule has 0 unspecified atom stereocenters. The largest absolute Gasteiger partial charge is 0.378 e. The molecule has 0 heterocycles. The van der Waals surface area contributed by atoms with Gasteiger partial charge < -0.3 is 10.1 Å². The van der Waals surface area contributed by atoms with E-state index in [0.717, 1.165) is 19.4 Å². The number of rotatable bonds is 8. The van der Waals surface area contributed by atoms with E-state index in [1.807, 2.05) is 0 Å². The first-order chi connectivity index (χ1) is 8.33.